The van der Waals surface area contributed by atoms with Gasteiger partial charge in [-0.3, -0.25) is 0 Å². The summed E-state index contributed by atoms with van der Waals surface area (Å²) in [7, 11) is 0. The van der Waals surface area contributed by atoms with Gasteiger partial charge in [0.05, 0.1) is 17.1 Å². The summed E-state index contributed by atoms with van der Waals surface area (Å²) in [5, 5.41) is 0. The summed E-state index contributed by atoms with van der Waals surface area (Å²) in [4.78, 5) is 4.52. The Hall–Kier alpha value is -1.61. The van der Waals surface area contributed by atoms with Crippen LogP contribution in [-0.4, -0.2) is 9.55 Å². The van der Waals surface area contributed by atoms with Gasteiger partial charge in [0, 0.05) is 6.54 Å². The fraction of sp³-hybridized carbons (Fsp3) is 0.250. The predicted molar refractivity (Wildman–Crippen MR) is 62.5 cm³/mol. The van der Waals surface area contributed by atoms with Crippen LogP contribution in [0.25, 0.3) is 11.0 Å². The molecule has 1 unspecified atom stereocenters. The summed E-state index contributed by atoms with van der Waals surface area (Å²) in [6.07, 6.45) is 1.86. The molecule has 0 spiro atoms. The molecular formula is C12H15N3. The zero-order chi connectivity index (χ0) is 10.8. The van der Waals surface area contributed by atoms with Crippen LogP contribution in [0.1, 0.15) is 18.8 Å². The summed E-state index contributed by atoms with van der Waals surface area (Å²) in [5.41, 5.74) is 8.00. The Balaban J connectivity index is 2.68. The Morgan fingerprint density at radius 2 is 2.27 bits per heavy atom. The Morgan fingerprint density at radius 1 is 1.53 bits per heavy atom. The van der Waals surface area contributed by atoms with Crippen LogP contribution < -0.4 is 5.73 Å². The first-order chi connectivity index (χ1) is 7.24. The molecule has 15 heavy (non-hydrogen) atoms. The van der Waals surface area contributed by atoms with Gasteiger partial charge in [-0.25, -0.2) is 4.98 Å². The Bertz CT molecular complexity index is 483. The number of nitrogens with two attached hydrogens (primary N) is 1. The highest BCUT2D eigenvalue weighted by Gasteiger charge is 2.11. The topological polar surface area (TPSA) is 43.8 Å². The van der Waals surface area contributed by atoms with Crippen molar-refractivity contribution in [3.8, 4) is 0 Å². The first-order valence-electron chi connectivity index (χ1n) is 5.05. The average Bonchev–Trinajstić information content (AvgIpc) is 2.58. The molecule has 1 atom stereocenters. The quantitative estimate of drug-likeness (QED) is 0.774. The van der Waals surface area contributed by atoms with E-state index < -0.39 is 0 Å². The molecule has 2 N–H and O–H groups in total. The van der Waals surface area contributed by atoms with Crippen LogP contribution in [-0.2, 0) is 6.54 Å². The maximum Gasteiger partial charge on any atom is 0.126 e. The second kappa shape index (κ2) is 3.87. The lowest BCUT2D eigenvalue weighted by Gasteiger charge is -2.08. The van der Waals surface area contributed by atoms with Crippen molar-refractivity contribution < 1.29 is 0 Å². The molecule has 2 rings (SSSR count). The highest BCUT2D eigenvalue weighted by atomic mass is 15.1. The summed E-state index contributed by atoms with van der Waals surface area (Å²) < 4.78 is 2.10. The third-order valence-corrected chi connectivity index (χ3v) is 2.40. The van der Waals surface area contributed by atoms with Crippen LogP contribution in [0.3, 0.4) is 0 Å². The zero-order valence-corrected chi connectivity index (χ0v) is 8.85. The second-order valence-electron chi connectivity index (χ2n) is 3.65. The number of nitrogens with zero attached hydrogens (tertiary/aromatic N) is 2. The molecule has 3 nitrogen and oxygen atoms in total. The molecule has 1 heterocycles. The average molecular weight is 201 g/mol. The SMILES string of the molecule is C=CCn1c(C(C)N)nc2ccccc21. The van der Waals surface area contributed by atoms with Crippen molar-refractivity contribution >= 4 is 11.0 Å². The summed E-state index contributed by atoms with van der Waals surface area (Å²) in [6, 6.07) is 7.99. The van der Waals surface area contributed by atoms with E-state index in [1.807, 2.05) is 31.2 Å². The normalized spacial score (nSPS) is 12.9. The van der Waals surface area contributed by atoms with E-state index in [4.69, 9.17) is 5.73 Å². The lowest BCUT2D eigenvalue weighted by Crippen LogP contribution is -2.13. The van der Waals surface area contributed by atoms with Crippen molar-refractivity contribution in [1.29, 1.82) is 0 Å². The number of rotatable bonds is 3. The zero-order valence-electron chi connectivity index (χ0n) is 8.85. The molecule has 3 heteroatoms. The third kappa shape index (κ3) is 1.66. The number of imidazole rings is 1. The lowest BCUT2D eigenvalue weighted by molar-refractivity contribution is 0.671. The molecule has 78 valence electrons. The van der Waals surface area contributed by atoms with Crippen molar-refractivity contribution in [2.45, 2.75) is 19.5 Å². The van der Waals surface area contributed by atoms with Gasteiger partial charge < -0.3 is 10.3 Å². The molecule has 0 radical (unpaired) electrons. The van der Waals surface area contributed by atoms with Gasteiger partial charge in [-0.15, -0.1) is 6.58 Å². The monoisotopic (exact) mass is 201 g/mol. The van der Waals surface area contributed by atoms with Gasteiger partial charge in [0.2, 0.25) is 0 Å². The van der Waals surface area contributed by atoms with Crippen LogP contribution in [0.15, 0.2) is 36.9 Å². The van der Waals surface area contributed by atoms with Crippen molar-refractivity contribution in [2.75, 3.05) is 0 Å². The number of aromatic nitrogens is 2. The minimum absolute atomic E-state index is 0.0580. The largest absolute Gasteiger partial charge is 0.323 e. The van der Waals surface area contributed by atoms with Crippen LogP contribution in [0.5, 0.6) is 0 Å². The van der Waals surface area contributed by atoms with E-state index in [1.165, 1.54) is 0 Å². The molecule has 0 saturated heterocycles. The van der Waals surface area contributed by atoms with E-state index in [0.29, 0.717) is 0 Å². The number of fused-ring (bicyclic) bond motifs is 1. The van der Waals surface area contributed by atoms with E-state index in [1.54, 1.807) is 0 Å². The van der Waals surface area contributed by atoms with Gasteiger partial charge in [-0.2, -0.15) is 0 Å². The van der Waals surface area contributed by atoms with Crippen molar-refractivity contribution in [1.82, 2.24) is 9.55 Å². The van der Waals surface area contributed by atoms with Gasteiger partial charge in [-0.1, -0.05) is 18.2 Å². The first kappa shape index (κ1) is 9.93. The van der Waals surface area contributed by atoms with E-state index in [9.17, 15) is 0 Å². The number of hydrogen-bond donors (Lipinski definition) is 1. The molecule has 2 aromatic rings. The molecule has 0 fully saturated rings. The summed E-state index contributed by atoms with van der Waals surface area (Å²) >= 11 is 0. The van der Waals surface area contributed by atoms with Gasteiger partial charge >= 0.3 is 0 Å². The molecule has 1 aromatic carbocycles. The maximum absolute atomic E-state index is 5.89. The van der Waals surface area contributed by atoms with Gasteiger partial charge in [0.1, 0.15) is 5.82 Å². The molecule has 0 aliphatic rings. The Kier molecular flexibility index (Phi) is 2.56. The lowest BCUT2D eigenvalue weighted by atomic mass is 10.3. The summed E-state index contributed by atoms with van der Waals surface area (Å²) in [6.45, 7) is 6.45. The number of benzene rings is 1. The fourth-order valence-electron chi connectivity index (χ4n) is 1.76. The standard InChI is InChI=1S/C12H15N3/c1-3-8-15-11-7-5-4-6-10(11)14-12(15)9(2)13/h3-7,9H,1,8,13H2,2H3. The van der Waals surface area contributed by atoms with Crippen LogP contribution >= 0.6 is 0 Å². The second-order valence-corrected chi connectivity index (χ2v) is 3.65. The summed E-state index contributed by atoms with van der Waals surface area (Å²) in [5.74, 6) is 0.913. The minimum atomic E-state index is -0.0580. The predicted octanol–water partition coefficient (Wildman–Crippen LogP) is 2.24. The fourth-order valence-corrected chi connectivity index (χ4v) is 1.76. The van der Waals surface area contributed by atoms with E-state index >= 15 is 0 Å². The Labute approximate surface area is 89.2 Å². The van der Waals surface area contributed by atoms with Crippen LogP contribution in [0.4, 0.5) is 0 Å². The molecule has 0 aliphatic carbocycles. The number of hydrogen-bond acceptors (Lipinski definition) is 2. The van der Waals surface area contributed by atoms with Crippen LogP contribution in [0, 0.1) is 0 Å². The number of allylic oxidation sites excluding steroid dienone is 1. The van der Waals surface area contributed by atoms with Crippen LogP contribution in [0.2, 0.25) is 0 Å². The van der Waals surface area contributed by atoms with Crippen molar-refractivity contribution in [3.63, 3.8) is 0 Å². The van der Waals surface area contributed by atoms with E-state index in [-0.39, 0.29) is 6.04 Å². The molecule has 0 bridgehead atoms. The van der Waals surface area contributed by atoms with Crippen molar-refractivity contribution in [3.05, 3.63) is 42.7 Å². The Morgan fingerprint density at radius 3 is 2.93 bits per heavy atom. The smallest absolute Gasteiger partial charge is 0.126 e. The third-order valence-electron chi connectivity index (χ3n) is 2.40. The minimum Gasteiger partial charge on any atom is -0.323 e. The van der Waals surface area contributed by atoms with Crippen molar-refractivity contribution in [2.24, 2.45) is 5.73 Å². The molecule has 1 aromatic heterocycles. The molecule has 0 aliphatic heterocycles. The van der Waals surface area contributed by atoms with Gasteiger partial charge in [-0.05, 0) is 19.1 Å². The number of para-hydroxylation sites is 2. The molecule has 0 amide bonds. The van der Waals surface area contributed by atoms with Gasteiger partial charge in [0.15, 0.2) is 0 Å². The highest BCUT2D eigenvalue weighted by Crippen LogP contribution is 2.19. The van der Waals surface area contributed by atoms with E-state index in [2.05, 4.69) is 22.2 Å². The molecular weight excluding hydrogens is 186 g/mol. The van der Waals surface area contributed by atoms with Gasteiger partial charge in [0.25, 0.3) is 0 Å². The first-order valence-corrected chi connectivity index (χ1v) is 5.05. The highest BCUT2D eigenvalue weighted by molar-refractivity contribution is 5.76. The molecule has 0 saturated carbocycles. The van der Waals surface area contributed by atoms with E-state index in [0.717, 1.165) is 23.4 Å². The maximum atomic E-state index is 5.89.